The Kier molecular flexibility index (Phi) is 4.63. The zero-order valence-electron chi connectivity index (χ0n) is 10.5. The van der Waals surface area contributed by atoms with Gasteiger partial charge in [-0.05, 0) is 33.7 Å². The summed E-state index contributed by atoms with van der Waals surface area (Å²) in [5.41, 5.74) is 0. The van der Waals surface area contributed by atoms with E-state index >= 15 is 0 Å². The van der Waals surface area contributed by atoms with Crippen molar-refractivity contribution in [3.05, 3.63) is 0 Å². The molecule has 86 valence electrons. The van der Waals surface area contributed by atoms with E-state index in [1.807, 2.05) is 14.0 Å². The van der Waals surface area contributed by atoms with Gasteiger partial charge in [-0.15, -0.1) is 11.8 Å². The van der Waals surface area contributed by atoms with Gasteiger partial charge in [0.1, 0.15) is 0 Å². The topological polar surface area (TPSA) is 21.3 Å². The van der Waals surface area contributed by atoms with Crippen LogP contribution in [0, 0.1) is 23.7 Å². The van der Waals surface area contributed by atoms with Gasteiger partial charge < -0.3 is 10.1 Å². The molecule has 1 heterocycles. The van der Waals surface area contributed by atoms with Crippen LogP contribution in [0.2, 0.25) is 0 Å². The first-order valence-corrected chi connectivity index (χ1v) is 5.84. The molecule has 0 saturated carbocycles. The van der Waals surface area contributed by atoms with Crippen LogP contribution in [0.3, 0.4) is 0 Å². The molecule has 1 saturated heterocycles. The molecule has 0 spiro atoms. The van der Waals surface area contributed by atoms with Gasteiger partial charge in [-0.3, -0.25) is 0 Å². The lowest BCUT2D eigenvalue weighted by atomic mass is 9.82. The maximum absolute atomic E-state index is 5.86. The summed E-state index contributed by atoms with van der Waals surface area (Å²) in [7, 11) is 2.02. The van der Waals surface area contributed by atoms with Crippen LogP contribution in [0.1, 0.15) is 34.1 Å². The second-order valence-electron chi connectivity index (χ2n) is 4.51. The molecule has 1 fully saturated rings. The largest absolute Gasteiger partial charge is 0.375 e. The van der Waals surface area contributed by atoms with Crippen molar-refractivity contribution in [2.45, 2.75) is 52.4 Å². The average molecular weight is 209 g/mol. The first kappa shape index (κ1) is 12.5. The van der Waals surface area contributed by atoms with Crippen molar-refractivity contribution in [3.63, 3.8) is 0 Å². The zero-order valence-corrected chi connectivity index (χ0v) is 10.5. The highest BCUT2D eigenvalue weighted by molar-refractivity contribution is 5.02. The highest BCUT2D eigenvalue weighted by atomic mass is 16.5. The molecule has 15 heavy (non-hydrogen) atoms. The third-order valence-corrected chi connectivity index (χ3v) is 3.65. The fourth-order valence-corrected chi connectivity index (χ4v) is 2.63. The minimum atomic E-state index is 0.339. The second kappa shape index (κ2) is 5.53. The molecule has 2 nitrogen and oxygen atoms in total. The Hall–Kier alpha value is -0.520. The number of hydrogen-bond acceptors (Lipinski definition) is 2. The number of hydrogen-bond donors (Lipinski definition) is 1. The van der Waals surface area contributed by atoms with Gasteiger partial charge in [-0.25, -0.2) is 0 Å². The monoisotopic (exact) mass is 209 g/mol. The first-order valence-electron chi connectivity index (χ1n) is 5.84. The van der Waals surface area contributed by atoms with E-state index in [-0.39, 0.29) is 0 Å². The number of nitrogens with one attached hydrogen (secondary N) is 1. The van der Waals surface area contributed by atoms with Crippen LogP contribution in [-0.4, -0.2) is 25.3 Å². The predicted molar refractivity (Wildman–Crippen MR) is 63.6 cm³/mol. The average Bonchev–Trinajstić information content (AvgIpc) is 2.45. The molecule has 2 heteroatoms. The Morgan fingerprint density at radius 3 is 2.33 bits per heavy atom. The van der Waals surface area contributed by atoms with Crippen molar-refractivity contribution in [2.24, 2.45) is 11.8 Å². The highest BCUT2D eigenvalue weighted by Gasteiger charge is 2.40. The number of ether oxygens (including phenoxy) is 1. The van der Waals surface area contributed by atoms with Crippen LogP contribution in [0.4, 0.5) is 0 Å². The summed E-state index contributed by atoms with van der Waals surface area (Å²) >= 11 is 0. The maximum Gasteiger partial charge on any atom is 0.0597 e. The second-order valence-corrected chi connectivity index (χ2v) is 4.51. The Morgan fingerprint density at radius 2 is 1.93 bits per heavy atom. The van der Waals surface area contributed by atoms with Crippen molar-refractivity contribution in [2.75, 3.05) is 7.05 Å². The van der Waals surface area contributed by atoms with Crippen LogP contribution >= 0.6 is 0 Å². The minimum absolute atomic E-state index is 0.339. The van der Waals surface area contributed by atoms with Crippen molar-refractivity contribution >= 4 is 0 Å². The Bertz CT molecular complexity index is 253. The van der Waals surface area contributed by atoms with Gasteiger partial charge in [0.25, 0.3) is 0 Å². The minimum Gasteiger partial charge on any atom is -0.375 e. The molecular weight excluding hydrogens is 186 g/mol. The molecule has 1 aliphatic rings. The molecule has 5 unspecified atom stereocenters. The fourth-order valence-electron chi connectivity index (χ4n) is 2.63. The van der Waals surface area contributed by atoms with E-state index in [1.165, 1.54) is 0 Å². The standard InChI is InChI=1S/C13H23NO/c1-6-7-8-12(14-5)13-9(2)10(3)15-11(13)4/h9-14H,8H2,1-5H3. The number of rotatable bonds is 3. The van der Waals surface area contributed by atoms with Crippen molar-refractivity contribution < 1.29 is 4.74 Å². The summed E-state index contributed by atoms with van der Waals surface area (Å²) in [5, 5.41) is 3.38. The summed E-state index contributed by atoms with van der Waals surface area (Å²) in [6.07, 6.45) is 1.63. The molecule has 0 amide bonds. The molecule has 0 aliphatic carbocycles. The SMILES string of the molecule is CC#CCC(NC)C1C(C)OC(C)C1C. The summed E-state index contributed by atoms with van der Waals surface area (Å²) in [6, 6.07) is 0.451. The van der Waals surface area contributed by atoms with Gasteiger partial charge in [-0.2, -0.15) is 0 Å². The first-order chi connectivity index (χ1) is 7.11. The molecule has 0 aromatic rings. The van der Waals surface area contributed by atoms with E-state index in [1.54, 1.807) is 0 Å². The van der Waals surface area contributed by atoms with E-state index in [4.69, 9.17) is 4.74 Å². The highest BCUT2D eigenvalue weighted by Crippen LogP contribution is 2.35. The Balaban J connectivity index is 2.68. The third kappa shape index (κ3) is 2.74. The Labute approximate surface area is 93.8 Å². The molecule has 0 radical (unpaired) electrons. The predicted octanol–water partition coefficient (Wildman–Crippen LogP) is 2.05. The lowest BCUT2D eigenvalue weighted by molar-refractivity contribution is 0.0480. The lowest BCUT2D eigenvalue weighted by Crippen LogP contribution is -2.39. The van der Waals surface area contributed by atoms with E-state index in [0.29, 0.717) is 30.1 Å². The molecule has 1 rings (SSSR count). The molecule has 0 aromatic carbocycles. The summed E-state index contributed by atoms with van der Waals surface area (Å²) in [6.45, 7) is 8.52. The van der Waals surface area contributed by atoms with Crippen molar-refractivity contribution in [1.29, 1.82) is 0 Å². The van der Waals surface area contributed by atoms with E-state index in [9.17, 15) is 0 Å². The Morgan fingerprint density at radius 1 is 1.27 bits per heavy atom. The van der Waals surface area contributed by atoms with Gasteiger partial charge in [-0.1, -0.05) is 6.92 Å². The molecule has 1 N–H and O–H groups in total. The van der Waals surface area contributed by atoms with Crippen molar-refractivity contribution in [1.82, 2.24) is 5.32 Å². The van der Waals surface area contributed by atoms with Crippen LogP contribution in [-0.2, 0) is 4.74 Å². The normalized spacial score (nSPS) is 37.1. The summed E-state index contributed by atoms with van der Waals surface area (Å²) in [4.78, 5) is 0. The molecule has 0 bridgehead atoms. The van der Waals surface area contributed by atoms with Gasteiger partial charge in [0, 0.05) is 18.4 Å². The van der Waals surface area contributed by atoms with Gasteiger partial charge in [0.15, 0.2) is 0 Å². The van der Waals surface area contributed by atoms with Gasteiger partial charge in [0.05, 0.1) is 12.2 Å². The van der Waals surface area contributed by atoms with Crippen LogP contribution in [0.25, 0.3) is 0 Å². The van der Waals surface area contributed by atoms with Gasteiger partial charge in [0.2, 0.25) is 0 Å². The quantitative estimate of drug-likeness (QED) is 0.718. The van der Waals surface area contributed by atoms with Crippen LogP contribution in [0.15, 0.2) is 0 Å². The maximum atomic E-state index is 5.86. The van der Waals surface area contributed by atoms with Crippen molar-refractivity contribution in [3.8, 4) is 11.8 Å². The fraction of sp³-hybridized carbons (Fsp3) is 0.846. The zero-order chi connectivity index (χ0) is 11.4. The van der Waals surface area contributed by atoms with E-state index in [0.717, 1.165) is 6.42 Å². The third-order valence-electron chi connectivity index (χ3n) is 3.65. The van der Waals surface area contributed by atoms with E-state index in [2.05, 4.69) is 37.9 Å². The molecular formula is C13H23NO. The smallest absolute Gasteiger partial charge is 0.0597 e. The summed E-state index contributed by atoms with van der Waals surface area (Å²) < 4.78 is 5.86. The lowest BCUT2D eigenvalue weighted by Gasteiger charge is -2.27. The van der Waals surface area contributed by atoms with Gasteiger partial charge >= 0.3 is 0 Å². The van der Waals surface area contributed by atoms with Crippen LogP contribution < -0.4 is 5.32 Å². The molecule has 0 aromatic heterocycles. The van der Waals surface area contributed by atoms with E-state index < -0.39 is 0 Å². The summed E-state index contributed by atoms with van der Waals surface area (Å²) in [5.74, 6) is 7.31. The van der Waals surface area contributed by atoms with Crippen LogP contribution in [0.5, 0.6) is 0 Å². The molecule has 1 aliphatic heterocycles. The molecule has 5 atom stereocenters.